The van der Waals surface area contributed by atoms with E-state index in [1.165, 1.54) is 0 Å². The van der Waals surface area contributed by atoms with Crippen LogP contribution in [0.25, 0.3) is 0 Å². The molecule has 0 aliphatic rings. The first-order chi connectivity index (χ1) is 6.36. The predicted molar refractivity (Wildman–Crippen MR) is 40.4 cm³/mol. The minimum atomic E-state index is -4.69. The van der Waals surface area contributed by atoms with Gasteiger partial charge in [0.15, 0.2) is 0 Å². The Bertz CT molecular complexity index is 353. The van der Waals surface area contributed by atoms with Crippen molar-refractivity contribution in [1.82, 2.24) is 0 Å². The van der Waals surface area contributed by atoms with Gasteiger partial charge in [-0.3, -0.25) is 0 Å². The molecule has 0 spiro atoms. The third-order valence-corrected chi connectivity index (χ3v) is 1.77. The maximum absolute atomic E-state index is 12.8. The second-order valence-electron chi connectivity index (χ2n) is 2.41. The molecule has 0 aliphatic carbocycles. The van der Waals surface area contributed by atoms with Crippen molar-refractivity contribution in [3.8, 4) is 0 Å². The van der Waals surface area contributed by atoms with Gasteiger partial charge in [-0.15, -0.1) is 0 Å². The summed E-state index contributed by atoms with van der Waals surface area (Å²) < 4.78 is 49.0. The lowest BCUT2D eigenvalue weighted by molar-refractivity contribution is -0.382. The highest BCUT2D eigenvalue weighted by atomic mass is 35.5. The molecule has 0 saturated heterocycles. The normalized spacial score (nSPS) is 11.5. The fraction of sp³-hybridized carbons (Fsp3) is 0.143. The van der Waals surface area contributed by atoms with Crippen LogP contribution in [0.3, 0.4) is 0 Å². The SMILES string of the molecule is O=[NH+]c1c(F)cc(C(F)(F)F)cc1Cl. The zero-order chi connectivity index (χ0) is 10.9. The monoisotopic (exact) mass is 228 g/mol. The number of alkyl halides is 3. The average molecular weight is 229 g/mol. The molecule has 0 aliphatic heterocycles. The molecule has 1 aromatic rings. The number of nitroso groups, excluding NO2 is 1. The van der Waals surface area contributed by atoms with Gasteiger partial charge in [-0.25, -0.2) is 0 Å². The summed E-state index contributed by atoms with van der Waals surface area (Å²) in [5, 5.41) is 0.514. The van der Waals surface area contributed by atoms with Crippen molar-refractivity contribution in [2.24, 2.45) is 0 Å². The summed E-state index contributed by atoms with van der Waals surface area (Å²) in [6.07, 6.45) is -4.69. The Labute approximate surface area is 80.5 Å². The number of nitrogens with one attached hydrogen (secondary N) is 1. The lowest BCUT2D eigenvalue weighted by atomic mass is 10.2. The van der Waals surface area contributed by atoms with Gasteiger partial charge in [0.2, 0.25) is 5.82 Å². The molecule has 0 fully saturated rings. The summed E-state index contributed by atoms with van der Waals surface area (Å²) >= 11 is 5.24. The zero-order valence-electron chi connectivity index (χ0n) is 6.45. The van der Waals surface area contributed by atoms with E-state index in [4.69, 9.17) is 11.6 Å². The van der Waals surface area contributed by atoms with Gasteiger partial charge < -0.3 is 0 Å². The first-order valence-corrected chi connectivity index (χ1v) is 3.68. The van der Waals surface area contributed by atoms with Gasteiger partial charge in [-0.05, 0) is 12.1 Å². The van der Waals surface area contributed by atoms with Gasteiger partial charge >= 0.3 is 11.9 Å². The van der Waals surface area contributed by atoms with Crippen LogP contribution in [0, 0.1) is 10.7 Å². The quantitative estimate of drug-likeness (QED) is 0.732. The van der Waals surface area contributed by atoms with Crippen molar-refractivity contribution < 1.29 is 22.7 Å². The second-order valence-corrected chi connectivity index (χ2v) is 2.82. The third kappa shape index (κ3) is 2.01. The lowest BCUT2D eigenvalue weighted by Crippen LogP contribution is -2.56. The number of rotatable bonds is 1. The molecule has 0 saturated carbocycles. The molecule has 0 radical (unpaired) electrons. The molecule has 2 nitrogen and oxygen atoms in total. The summed E-state index contributed by atoms with van der Waals surface area (Å²) in [6, 6.07) is 0.678. The number of halogens is 5. The van der Waals surface area contributed by atoms with Crippen LogP contribution in [0.4, 0.5) is 23.2 Å². The van der Waals surface area contributed by atoms with E-state index in [2.05, 4.69) is 0 Å². The summed E-state index contributed by atoms with van der Waals surface area (Å²) in [4.78, 5) is 10.1. The maximum atomic E-state index is 12.8. The minimum absolute atomic E-state index is 0.201. The summed E-state index contributed by atoms with van der Waals surface area (Å²) in [7, 11) is 0. The number of benzene rings is 1. The van der Waals surface area contributed by atoms with Gasteiger partial charge in [0.05, 0.1) is 5.56 Å². The molecule has 1 rings (SSSR count). The molecule has 1 N–H and O–H groups in total. The molecule has 14 heavy (non-hydrogen) atoms. The molecule has 76 valence electrons. The number of hydrogen-bond donors (Lipinski definition) is 1. The molecule has 0 bridgehead atoms. The fourth-order valence-corrected chi connectivity index (χ4v) is 1.08. The Balaban J connectivity index is 3.35. The summed E-state index contributed by atoms with van der Waals surface area (Å²) in [5.41, 5.74) is -1.93. The largest absolute Gasteiger partial charge is 0.416 e. The van der Waals surface area contributed by atoms with Crippen molar-refractivity contribution in [2.45, 2.75) is 6.18 Å². The second kappa shape index (κ2) is 3.53. The van der Waals surface area contributed by atoms with Crippen LogP contribution in [-0.4, -0.2) is 0 Å². The molecule has 1 aromatic carbocycles. The van der Waals surface area contributed by atoms with E-state index in [1.807, 2.05) is 0 Å². The first kappa shape index (κ1) is 10.9. The van der Waals surface area contributed by atoms with Crippen LogP contribution in [0.2, 0.25) is 5.02 Å². The molecule has 0 unspecified atom stereocenters. The van der Waals surface area contributed by atoms with Crippen molar-refractivity contribution >= 4 is 17.3 Å². The lowest BCUT2D eigenvalue weighted by Gasteiger charge is -2.06. The number of hydrogen-bond acceptors (Lipinski definition) is 1. The van der Waals surface area contributed by atoms with E-state index in [-0.39, 0.29) is 6.07 Å². The summed E-state index contributed by atoms with van der Waals surface area (Å²) in [5.74, 6) is -1.33. The van der Waals surface area contributed by atoms with Gasteiger partial charge in [-0.1, -0.05) is 11.6 Å². The molecule has 7 heteroatoms. The third-order valence-electron chi connectivity index (χ3n) is 1.47. The van der Waals surface area contributed by atoms with Crippen LogP contribution >= 0.6 is 11.6 Å². The highest BCUT2D eigenvalue weighted by molar-refractivity contribution is 6.32. The predicted octanol–water partition coefficient (Wildman–Crippen LogP) is 1.98. The summed E-state index contributed by atoms with van der Waals surface area (Å²) in [6.45, 7) is 0. The molecule has 0 atom stereocenters. The van der Waals surface area contributed by atoms with Crippen LogP contribution < -0.4 is 5.18 Å². The standard InChI is InChI=1S/C7H2ClF4NO/c8-4-1-3(7(10,11)12)2-5(9)6(4)13-14/h1-2H/p+1. The van der Waals surface area contributed by atoms with Crippen molar-refractivity contribution in [1.29, 1.82) is 0 Å². The van der Waals surface area contributed by atoms with E-state index in [1.54, 1.807) is 0 Å². The highest BCUT2D eigenvalue weighted by Crippen LogP contribution is 2.33. The van der Waals surface area contributed by atoms with Crippen LogP contribution in [0.1, 0.15) is 5.56 Å². The molecular formula is C7H3ClF4NO+. The Morgan fingerprint density at radius 1 is 1.29 bits per heavy atom. The van der Waals surface area contributed by atoms with Gasteiger partial charge in [0.1, 0.15) is 5.02 Å². The minimum Gasteiger partial charge on any atom is -0.199 e. The fourth-order valence-electron chi connectivity index (χ4n) is 0.834. The van der Waals surface area contributed by atoms with E-state index < -0.39 is 28.3 Å². The van der Waals surface area contributed by atoms with Gasteiger partial charge in [0.25, 0.3) is 0 Å². The van der Waals surface area contributed by atoms with Crippen LogP contribution in [-0.2, 0) is 6.18 Å². The van der Waals surface area contributed by atoms with E-state index in [0.717, 1.165) is 5.18 Å². The van der Waals surface area contributed by atoms with E-state index >= 15 is 0 Å². The van der Waals surface area contributed by atoms with Crippen LogP contribution in [0.5, 0.6) is 0 Å². The van der Waals surface area contributed by atoms with E-state index in [9.17, 15) is 22.5 Å². The zero-order valence-corrected chi connectivity index (χ0v) is 7.21. The smallest absolute Gasteiger partial charge is 0.199 e. The topological polar surface area (TPSA) is 31.0 Å². The molecule has 0 amide bonds. The Morgan fingerprint density at radius 3 is 2.21 bits per heavy atom. The van der Waals surface area contributed by atoms with Crippen molar-refractivity contribution in [3.05, 3.63) is 33.4 Å². The first-order valence-electron chi connectivity index (χ1n) is 3.30. The molecule has 0 aromatic heterocycles. The molecular weight excluding hydrogens is 226 g/mol. The van der Waals surface area contributed by atoms with Gasteiger partial charge in [-0.2, -0.15) is 17.6 Å². The van der Waals surface area contributed by atoms with Crippen LogP contribution in [0.15, 0.2) is 12.1 Å². The Morgan fingerprint density at radius 2 is 1.86 bits per heavy atom. The molecule has 0 heterocycles. The highest BCUT2D eigenvalue weighted by Gasteiger charge is 2.33. The average Bonchev–Trinajstić information content (AvgIpc) is 2.01. The van der Waals surface area contributed by atoms with Gasteiger partial charge in [0, 0.05) is 10.1 Å². The Kier molecular flexibility index (Phi) is 2.75. The Hall–Kier alpha value is -1.17. The van der Waals surface area contributed by atoms with Crippen molar-refractivity contribution in [3.63, 3.8) is 0 Å². The maximum Gasteiger partial charge on any atom is 0.416 e. The van der Waals surface area contributed by atoms with E-state index in [0.29, 0.717) is 6.07 Å². The van der Waals surface area contributed by atoms with Crippen molar-refractivity contribution in [2.75, 3.05) is 0 Å².